The highest BCUT2D eigenvalue weighted by Gasteiger charge is 2.29. The Bertz CT molecular complexity index is 406. The number of carbonyl (C=O) groups is 1. The SMILES string of the molecule is CN1CCN(C(=O)c2cc(Br)c[nH]2)C(CN)C1. The first kappa shape index (κ1) is 12.6. The second kappa shape index (κ2) is 5.20. The Balaban J connectivity index is 2.13. The van der Waals surface area contributed by atoms with Crippen LogP contribution in [0, 0.1) is 0 Å². The molecule has 94 valence electrons. The summed E-state index contributed by atoms with van der Waals surface area (Å²) in [7, 11) is 2.05. The van der Waals surface area contributed by atoms with Gasteiger partial charge in [-0.1, -0.05) is 0 Å². The molecule has 0 saturated carbocycles. The van der Waals surface area contributed by atoms with Crippen LogP contribution in [0.25, 0.3) is 0 Å². The molecule has 1 aliphatic heterocycles. The molecule has 0 spiro atoms. The molecule has 1 aromatic heterocycles. The molecule has 5 nitrogen and oxygen atoms in total. The molecule has 1 aliphatic rings. The molecule has 0 aliphatic carbocycles. The third kappa shape index (κ3) is 2.70. The van der Waals surface area contributed by atoms with Gasteiger partial charge in [-0.3, -0.25) is 4.79 Å². The van der Waals surface area contributed by atoms with Gasteiger partial charge in [0.05, 0.1) is 6.04 Å². The predicted octanol–water partition coefficient (Wildman–Crippen LogP) is 0.492. The smallest absolute Gasteiger partial charge is 0.270 e. The van der Waals surface area contributed by atoms with Crippen molar-refractivity contribution in [3.05, 3.63) is 22.4 Å². The molecule has 6 heteroatoms. The number of carbonyl (C=O) groups excluding carboxylic acids is 1. The molecular formula is C11H17BrN4O. The minimum Gasteiger partial charge on any atom is -0.356 e. The first-order chi connectivity index (χ1) is 8.11. The normalized spacial score (nSPS) is 21.8. The Morgan fingerprint density at radius 3 is 3.00 bits per heavy atom. The molecule has 0 aromatic carbocycles. The van der Waals surface area contributed by atoms with Gasteiger partial charge >= 0.3 is 0 Å². The molecule has 0 bridgehead atoms. The number of H-pyrrole nitrogens is 1. The number of aromatic nitrogens is 1. The largest absolute Gasteiger partial charge is 0.356 e. The van der Waals surface area contributed by atoms with E-state index in [2.05, 4.69) is 32.9 Å². The maximum atomic E-state index is 12.3. The molecule has 3 N–H and O–H groups in total. The fourth-order valence-electron chi connectivity index (χ4n) is 2.13. The summed E-state index contributed by atoms with van der Waals surface area (Å²) in [6, 6.07) is 1.90. The van der Waals surface area contributed by atoms with E-state index in [4.69, 9.17) is 5.73 Å². The van der Waals surface area contributed by atoms with Crippen molar-refractivity contribution < 1.29 is 4.79 Å². The van der Waals surface area contributed by atoms with E-state index in [0.717, 1.165) is 24.1 Å². The lowest BCUT2D eigenvalue weighted by Crippen LogP contribution is -2.56. The van der Waals surface area contributed by atoms with E-state index in [1.807, 2.05) is 4.90 Å². The van der Waals surface area contributed by atoms with Crippen LogP contribution in [0.5, 0.6) is 0 Å². The van der Waals surface area contributed by atoms with Crippen molar-refractivity contribution in [1.82, 2.24) is 14.8 Å². The number of likely N-dealkylation sites (N-methyl/N-ethyl adjacent to an activating group) is 1. The van der Waals surface area contributed by atoms with Crippen LogP contribution < -0.4 is 5.73 Å². The number of hydrogen-bond acceptors (Lipinski definition) is 3. The summed E-state index contributed by atoms with van der Waals surface area (Å²) in [5.41, 5.74) is 6.35. The van der Waals surface area contributed by atoms with Crippen molar-refractivity contribution >= 4 is 21.8 Å². The van der Waals surface area contributed by atoms with Crippen LogP contribution in [0.4, 0.5) is 0 Å². The highest BCUT2D eigenvalue weighted by Crippen LogP contribution is 2.15. The molecule has 1 unspecified atom stereocenters. The summed E-state index contributed by atoms with van der Waals surface area (Å²) in [6.07, 6.45) is 1.76. The molecule has 2 rings (SSSR count). The van der Waals surface area contributed by atoms with Gasteiger partial charge < -0.3 is 20.5 Å². The van der Waals surface area contributed by atoms with E-state index in [0.29, 0.717) is 12.2 Å². The number of hydrogen-bond donors (Lipinski definition) is 2. The van der Waals surface area contributed by atoms with Crippen LogP contribution >= 0.6 is 15.9 Å². The van der Waals surface area contributed by atoms with E-state index in [9.17, 15) is 4.79 Å². The van der Waals surface area contributed by atoms with Crippen molar-refractivity contribution in [2.75, 3.05) is 33.2 Å². The highest BCUT2D eigenvalue weighted by atomic mass is 79.9. The van der Waals surface area contributed by atoms with E-state index in [1.54, 1.807) is 12.3 Å². The second-order valence-electron chi connectivity index (χ2n) is 4.38. The van der Waals surface area contributed by atoms with E-state index >= 15 is 0 Å². The first-order valence-electron chi connectivity index (χ1n) is 5.65. The van der Waals surface area contributed by atoms with Crippen LogP contribution in [0.2, 0.25) is 0 Å². The molecule has 1 saturated heterocycles. The first-order valence-corrected chi connectivity index (χ1v) is 6.44. The van der Waals surface area contributed by atoms with Gasteiger partial charge in [0.15, 0.2) is 0 Å². The lowest BCUT2D eigenvalue weighted by molar-refractivity contribution is 0.0511. The summed E-state index contributed by atoms with van der Waals surface area (Å²) >= 11 is 3.33. The van der Waals surface area contributed by atoms with Gasteiger partial charge in [0.2, 0.25) is 0 Å². The van der Waals surface area contributed by atoms with Crippen LogP contribution in [-0.4, -0.2) is 60.0 Å². The third-order valence-corrected chi connectivity index (χ3v) is 3.55. The average Bonchev–Trinajstić information content (AvgIpc) is 2.75. The van der Waals surface area contributed by atoms with Crippen molar-refractivity contribution in [3.8, 4) is 0 Å². The molecule has 0 radical (unpaired) electrons. The van der Waals surface area contributed by atoms with Gasteiger partial charge in [0.25, 0.3) is 5.91 Å². The van der Waals surface area contributed by atoms with Crippen molar-refractivity contribution in [1.29, 1.82) is 0 Å². The van der Waals surface area contributed by atoms with Gasteiger partial charge in [-0.25, -0.2) is 0 Å². The number of amides is 1. The molecule has 1 atom stereocenters. The number of halogens is 1. The molecule has 1 fully saturated rings. The Kier molecular flexibility index (Phi) is 3.86. The topological polar surface area (TPSA) is 65.4 Å². The standard InChI is InChI=1S/C11H17BrN4O/c1-15-2-3-16(9(5-13)7-15)11(17)10-4-8(12)6-14-10/h4,6,9,14H,2-3,5,7,13H2,1H3. The lowest BCUT2D eigenvalue weighted by Gasteiger charge is -2.39. The fraction of sp³-hybridized carbons (Fsp3) is 0.545. The maximum Gasteiger partial charge on any atom is 0.270 e. The Morgan fingerprint density at radius 2 is 2.41 bits per heavy atom. The van der Waals surface area contributed by atoms with Gasteiger partial charge in [-0.15, -0.1) is 0 Å². The number of nitrogens with two attached hydrogens (primary N) is 1. The Morgan fingerprint density at radius 1 is 1.65 bits per heavy atom. The number of nitrogens with one attached hydrogen (secondary N) is 1. The number of piperazine rings is 1. The summed E-state index contributed by atoms with van der Waals surface area (Å²) in [6.45, 7) is 2.96. The minimum atomic E-state index is 0.0271. The maximum absolute atomic E-state index is 12.3. The monoisotopic (exact) mass is 300 g/mol. The molecule has 2 heterocycles. The van der Waals surface area contributed by atoms with E-state index in [1.165, 1.54) is 0 Å². The zero-order valence-electron chi connectivity index (χ0n) is 9.82. The average molecular weight is 301 g/mol. The van der Waals surface area contributed by atoms with E-state index in [-0.39, 0.29) is 11.9 Å². The van der Waals surface area contributed by atoms with Gasteiger partial charge in [0, 0.05) is 36.8 Å². The summed E-state index contributed by atoms with van der Waals surface area (Å²) in [5.74, 6) is 0.0271. The van der Waals surface area contributed by atoms with Crippen molar-refractivity contribution in [2.24, 2.45) is 5.73 Å². The minimum absolute atomic E-state index is 0.0271. The third-order valence-electron chi connectivity index (χ3n) is 3.10. The highest BCUT2D eigenvalue weighted by molar-refractivity contribution is 9.10. The molecular weight excluding hydrogens is 284 g/mol. The van der Waals surface area contributed by atoms with E-state index < -0.39 is 0 Å². The quantitative estimate of drug-likeness (QED) is 0.835. The second-order valence-corrected chi connectivity index (χ2v) is 5.30. The van der Waals surface area contributed by atoms with Crippen LogP contribution in [-0.2, 0) is 0 Å². The fourth-order valence-corrected chi connectivity index (χ4v) is 2.47. The van der Waals surface area contributed by atoms with Crippen LogP contribution in [0.15, 0.2) is 16.7 Å². The summed E-state index contributed by atoms with van der Waals surface area (Å²) < 4.78 is 0.888. The summed E-state index contributed by atoms with van der Waals surface area (Å²) in [5, 5.41) is 0. The van der Waals surface area contributed by atoms with Gasteiger partial charge in [-0.2, -0.15) is 0 Å². The zero-order chi connectivity index (χ0) is 12.4. The van der Waals surface area contributed by atoms with Crippen LogP contribution in [0.3, 0.4) is 0 Å². The molecule has 1 amide bonds. The Labute approximate surface area is 109 Å². The van der Waals surface area contributed by atoms with Crippen LogP contribution in [0.1, 0.15) is 10.5 Å². The van der Waals surface area contributed by atoms with Gasteiger partial charge in [0.1, 0.15) is 5.69 Å². The lowest BCUT2D eigenvalue weighted by atomic mass is 10.1. The van der Waals surface area contributed by atoms with Crippen molar-refractivity contribution in [2.45, 2.75) is 6.04 Å². The van der Waals surface area contributed by atoms with Gasteiger partial charge in [-0.05, 0) is 29.0 Å². The zero-order valence-corrected chi connectivity index (χ0v) is 11.4. The van der Waals surface area contributed by atoms with Crippen molar-refractivity contribution in [3.63, 3.8) is 0 Å². The number of nitrogens with zero attached hydrogens (tertiary/aromatic N) is 2. The number of aromatic amines is 1. The Hall–Kier alpha value is -0.850. The predicted molar refractivity (Wildman–Crippen MR) is 69.9 cm³/mol. The summed E-state index contributed by atoms with van der Waals surface area (Å²) in [4.78, 5) is 19.3. The molecule has 17 heavy (non-hydrogen) atoms. The molecule has 1 aromatic rings. The number of rotatable bonds is 2.